The van der Waals surface area contributed by atoms with Crippen molar-refractivity contribution in [2.75, 3.05) is 33.7 Å². The predicted molar refractivity (Wildman–Crippen MR) is 68.5 cm³/mol. The highest BCUT2D eigenvalue weighted by Crippen LogP contribution is 2.36. The fourth-order valence-electron chi connectivity index (χ4n) is 3.50. The fraction of sp³-hybridized carbons (Fsp3) is 1.00. The lowest BCUT2D eigenvalue weighted by Gasteiger charge is -2.45. The molecule has 94 valence electrons. The second-order valence-electron chi connectivity index (χ2n) is 5.78. The zero-order valence-electron chi connectivity index (χ0n) is 10.9. The quantitative estimate of drug-likeness (QED) is 0.785. The molecule has 3 heteroatoms. The van der Waals surface area contributed by atoms with Crippen LogP contribution in [0.3, 0.4) is 0 Å². The van der Waals surface area contributed by atoms with Crippen LogP contribution in [0.2, 0.25) is 0 Å². The van der Waals surface area contributed by atoms with Gasteiger partial charge in [0.2, 0.25) is 0 Å². The van der Waals surface area contributed by atoms with Crippen LogP contribution in [-0.4, -0.2) is 55.1 Å². The lowest BCUT2D eigenvalue weighted by Crippen LogP contribution is -2.56. The van der Waals surface area contributed by atoms with Crippen molar-refractivity contribution in [3.63, 3.8) is 0 Å². The van der Waals surface area contributed by atoms with Gasteiger partial charge in [-0.2, -0.15) is 0 Å². The number of likely N-dealkylation sites (N-methyl/N-ethyl adjacent to an activating group) is 1. The Hall–Kier alpha value is -0.120. The summed E-state index contributed by atoms with van der Waals surface area (Å²) in [6, 6.07) is 0.762. The molecule has 0 radical (unpaired) electrons. The van der Waals surface area contributed by atoms with E-state index in [2.05, 4.69) is 23.9 Å². The van der Waals surface area contributed by atoms with E-state index in [0.29, 0.717) is 5.54 Å². The Morgan fingerprint density at radius 1 is 1.25 bits per heavy atom. The Kier molecular flexibility index (Phi) is 3.88. The Morgan fingerprint density at radius 2 is 1.81 bits per heavy atom. The summed E-state index contributed by atoms with van der Waals surface area (Å²) in [5.74, 6) is 0. The minimum Gasteiger partial charge on any atom is -0.329 e. The van der Waals surface area contributed by atoms with Gasteiger partial charge >= 0.3 is 0 Å². The minimum atomic E-state index is 0.334. The Balaban J connectivity index is 1.97. The number of rotatable bonds is 3. The van der Waals surface area contributed by atoms with Crippen LogP contribution >= 0.6 is 0 Å². The summed E-state index contributed by atoms with van der Waals surface area (Å²) >= 11 is 0. The molecule has 0 aromatic heterocycles. The molecule has 0 bridgehead atoms. The molecule has 0 amide bonds. The first-order valence-electron chi connectivity index (χ1n) is 6.79. The largest absolute Gasteiger partial charge is 0.329 e. The maximum absolute atomic E-state index is 6.05. The smallest absolute Gasteiger partial charge is 0.0331 e. The average molecular weight is 225 g/mol. The number of hydrogen-bond donors (Lipinski definition) is 1. The Labute approximate surface area is 100.0 Å². The summed E-state index contributed by atoms with van der Waals surface area (Å²) < 4.78 is 0. The van der Waals surface area contributed by atoms with Crippen LogP contribution in [0.5, 0.6) is 0 Å². The minimum absolute atomic E-state index is 0.334. The Bertz CT molecular complexity index is 215. The van der Waals surface area contributed by atoms with Gasteiger partial charge in [-0.1, -0.05) is 12.8 Å². The summed E-state index contributed by atoms with van der Waals surface area (Å²) in [5.41, 5.74) is 6.39. The van der Waals surface area contributed by atoms with Crippen LogP contribution in [-0.2, 0) is 0 Å². The van der Waals surface area contributed by atoms with Crippen LogP contribution in [0.4, 0.5) is 0 Å². The molecule has 0 unspecified atom stereocenters. The van der Waals surface area contributed by atoms with Crippen molar-refractivity contribution < 1.29 is 0 Å². The molecule has 1 heterocycles. The van der Waals surface area contributed by atoms with E-state index in [9.17, 15) is 0 Å². The first-order valence-corrected chi connectivity index (χ1v) is 6.79. The molecule has 0 atom stereocenters. The van der Waals surface area contributed by atoms with E-state index in [1.807, 2.05) is 0 Å². The SMILES string of the molecule is CN1CCC(N(C)C2(CN)CCCC2)CC1. The average Bonchev–Trinajstić information content (AvgIpc) is 2.79. The molecule has 1 aliphatic carbocycles. The highest BCUT2D eigenvalue weighted by atomic mass is 15.2. The molecule has 0 spiro atoms. The molecule has 3 nitrogen and oxygen atoms in total. The van der Waals surface area contributed by atoms with Gasteiger partial charge in [-0.05, 0) is 52.9 Å². The molecular formula is C13H27N3. The molecule has 16 heavy (non-hydrogen) atoms. The van der Waals surface area contributed by atoms with Gasteiger partial charge in [-0.3, -0.25) is 4.90 Å². The third kappa shape index (κ3) is 2.27. The molecular weight excluding hydrogens is 198 g/mol. The third-order valence-electron chi connectivity index (χ3n) is 4.90. The standard InChI is InChI=1S/C13H27N3/c1-15-9-5-12(6-10-15)16(2)13(11-14)7-3-4-8-13/h12H,3-11,14H2,1-2H3. The van der Waals surface area contributed by atoms with Crippen molar-refractivity contribution >= 4 is 0 Å². The lowest BCUT2D eigenvalue weighted by molar-refractivity contribution is 0.0471. The summed E-state index contributed by atoms with van der Waals surface area (Å²) in [4.78, 5) is 5.07. The topological polar surface area (TPSA) is 32.5 Å². The van der Waals surface area contributed by atoms with Crippen molar-refractivity contribution in [1.29, 1.82) is 0 Å². The fourth-order valence-corrected chi connectivity index (χ4v) is 3.50. The van der Waals surface area contributed by atoms with E-state index in [1.54, 1.807) is 0 Å². The maximum Gasteiger partial charge on any atom is 0.0331 e. The number of likely N-dealkylation sites (tertiary alicyclic amines) is 1. The number of piperidine rings is 1. The molecule has 2 rings (SSSR count). The van der Waals surface area contributed by atoms with Gasteiger partial charge in [-0.25, -0.2) is 0 Å². The van der Waals surface area contributed by atoms with Crippen LogP contribution in [0.15, 0.2) is 0 Å². The van der Waals surface area contributed by atoms with Crippen molar-refractivity contribution in [1.82, 2.24) is 9.80 Å². The number of nitrogens with two attached hydrogens (primary N) is 1. The highest BCUT2D eigenvalue weighted by Gasteiger charge is 2.39. The first kappa shape index (κ1) is 12.3. The first-order chi connectivity index (χ1) is 7.68. The van der Waals surface area contributed by atoms with E-state index in [4.69, 9.17) is 5.73 Å². The number of nitrogens with zero attached hydrogens (tertiary/aromatic N) is 2. The summed E-state index contributed by atoms with van der Waals surface area (Å²) in [5, 5.41) is 0. The van der Waals surface area contributed by atoms with E-state index in [0.717, 1.165) is 12.6 Å². The van der Waals surface area contributed by atoms with Gasteiger partial charge in [-0.15, -0.1) is 0 Å². The number of hydrogen-bond acceptors (Lipinski definition) is 3. The van der Waals surface area contributed by atoms with Crippen molar-refractivity contribution in [2.45, 2.75) is 50.1 Å². The summed E-state index contributed by atoms with van der Waals surface area (Å²) in [7, 11) is 4.54. The molecule has 0 aromatic rings. The molecule has 2 N–H and O–H groups in total. The summed E-state index contributed by atoms with van der Waals surface area (Å²) in [6.07, 6.45) is 7.99. The van der Waals surface area contributed by atoms with E-state index in [-0.39, 0.29) is 0 Å². The van der Waals surface area contributed by atoms with E-state index < -0.39 is 0 Å². The maximum atomic E-state index is 6.05. The molecule has 1 saturated heterocycles. The Morgan fingerprint density at radius 3 is 2.31 bits per heavy atom. The van der Waals surface area contributed by atoms with Gasteiger partial charge in [0.1, 0.15) is 0 Å². The van der Waals surface area contributed by atoms with Gasteiger partial charge < -0.3 is 10.6 Å². The third-order valence-corrected chi connectivity index (χ3v) is 4.90. The second-order valence-corrected chi connectivity index (χ2v) is 5.78. The molecule has 2 aliphatic rings. The van der Waals surface area contributed by atoms with Crippen LogP contribution < -0.4 is 5.73 Å². The van der Waals surface area contributed by atoms with Gasteiger partial charge in [0.05, 0.1) is 0 Å². The monoisotopic (exact) mass is 225 g/mol. The van der Waals surface area contributed by atoms with E-state index in [1.165, 1.54) is 51.6 Å². The molecule has 0 aromatic carbocycles. The van der Waals surface area contributed by atoms with Crippen molar-refractivity contribution in [2.24, 2.45) is 5.73 Å². The molecule has 1 aliphatic heterocycles. The molecule has 2 fully saturated rings. The van der Waals surface area contributed by atoms with Crippen LogP contribution in [0.25, 0.3) is 0 Å². The zero-order valence-corrected chi connectivity index (χ0v) is 10.9. The van der Waals surface area contributed by atoms with Crippen molar-refractivity contribution in [3.8, 4) is 0 Å². The van der Waals surface area contributed by atoms with E-state index >= 15 is 0 Å². The van der Waals surface area contributed by atoms with Crippen LogP contribution in [0.1, 0.15) is 38.5 Å². The lowest BCUT2D eigenvalue weighted by atomic mass is 9.91. The predicted octanol–water partition coefficient (Wildman–Crippen LogP) is 1.28. The van der Waals surface area contributed by atoms with Gasteiger partial charge in [0.15, 0.2) is 0 Å². The second kappa shape index (κ2) is 5.03. The van der Waals surface area contributed by atoms with Gasteiger partial charge in [0.25, 0.3) is 0 Å². The normalized spacial score (nSPS) is 27.8. The highest BCUT2D eigenvalue weighted by molar-refractivity contribution is 4.97. The summed E-state index contributed by atoms with van der Waals surface area (Å²) in [6.45, 7) is 3.33. The molecule has 1 saturated carbocycles. The van der Waals surface area contributed by atoms with Crippen LogP contribution in [0, 0.1) is 0 Å². The zero-order chi connectivity index (χ0) is 11.6. The van der Waals surface area contributed by atoms with Crippen molar-refractivity contribution in [3.05, 3.63) is 0 Å². The van der Waals surface area contributed by atoms with Gasteiger partial charge in [0, 0.05) is 18.1 Å².